The molecule has 2 aromatic rings. The van der Waals surface area contributed by atoms with Crippen LogP contribution >= 0.6 is 11.6 Å². The molecule has 1 N–H and O–H groups in total. The molecule has 0 spiro atoms. The van der Waals surface area contributed by atoms with Crippen molar-refractivity contribution in [3.8, 4) is 6.07 Å². The van der Waals surface area contributed by atoms with Crippen molar-refractivity contribution in [1.29, 1.82) is 5.26 Å². The van der Waals surface area contributed by atoms with E-state index in [-0.39, 0.29) is 23.7 Å². The smallest absolute Gasteiger partial charge is 0.320 e. The van der Waals surface area contributed by atoms with E-state index in [4.69, 9.17) is 16.9 Å². The third-order valence-corrected chi connectivity index (χ3v) is 6.81. The molecule has 0 saturated carbocycles. The van der Waals surface area contributed by atoms with Crippen molar-refractivity contribution in [2.45, 2.75) is 39.3 Å². The van der Waals surface area contributed by atoms with E-state index in [1.165, 1.54) is 12.3 Å². The number of benzene rings is 1. The number of anilines is 1. The lowest BCUT2D eigenvalue weighted by atomic mass is 10.0. The van der Waals surface area contributed by atoms with Gasteiger partial charge in [0.15, 0.2) is 0 Å². The monoisotopic (exact) mass is 480 g/mol. The number of urea groups is 1. The Bertz CT molecular complexity index is 1120. The lowest BCUT2D eigenvalue weighted by Crippen LogP contribution is -2.56. The zero-order chi connectivity index (χ0) is 24.2. The summed E-state index contributed by atoms with van der Waals surface area (Å²) in [6.07, 6.45) is 3.63. The highest BCUT2D eigenvalue weighted by Crippen LogP contribution is 2.27. The van der Waals surface area contributed by atoms with E-state index in [9.17, 15) is 9.59 Å². The van der Waals surface area contributed by atoms with E-state index < -0.39 is 0 Å². The molecule has 1 aromatic heterocycles. The van der Waals surface area contributed by atoms with Crippen LogP contribution in [0.5, 0.6) is 0 Å². The Morgan fingerprint density at radius 2 is 1.97 bits per heavy atom. The van der Waals surface area contributed by atoms with Crippen LogP contribution in [0.25, 0.3) is 0 Å². The first-order valence-corrected chi connectivity index (χ1v) is 12.0. The van der Waals surface area contributed by atoms with Gasteiger partial charge in [-0.2, -0.15) is 5.26 Å². The Balaban J connectivity index is 1.43. The number of rotatable bonds is 4. The quantitative estimate of drug-likeness (QED) is 0.716. The summed E-state index contributed by atoms with van der Waals surface area (Å²) in [5, 5.41) is 12.5. The number of halogens is 1. The Morgan fingerprint density at radius 1 is 1.21 bits per heavy atom. The molecule has 2 aliphatic rings. The molecule has 1 aromatic carbocycles. The first-order chi connectivity index (χ1) is 16.4. The van der Waals surface area contributed by atoms with Gasteiger partial charge in [0.05, 0.1) is 0 Å². The molecule has 3 amide bonds. The fourth-order valence-electron chi connectivity index (χ4n) is 4.65. The van der Waals surface area contributed by atoms with Gasteiger partial charge in [0.1, 0.15) is 11.8 Å². The molecule has 1 atom stereocenters. The van der Waals surface area contributed by atoms with Crippen LogP contribution < -0.4 is 5.32 Å². The van der Waals surface area contributed by atoms with Crippen LogP contribution in [0.4, 0.5) is 10.5 Å². The highest BCUT2D eigenvalue weighted by molar-refractivity contribution is 6.31. The van der Waals surface area contributed by atoms with Crippen molar-refractivity contribution in [1.82, 2.24) is 19.7 Å². The Hall–Kier alpha value is -3.15. The van der Waals surface area contributed by atoms with Crippen molar-refractivity contribution in [3.63, 3.8) is 0 Å². The van der Waals surface area contributed by atoms with Crippen molar-refractivity contribution in [2.75, 3.05) is 38.0 Å². The number of nitrogens with one attached hydrogen (secondary N) is 1. The fourth-order valence-corrected chi connectivity index (χ4v) is 4.89. The van der Waals surface area contributed by atoms with Crippen LogP contribution in [0.3, 0.4) is 0 Å². The minimum absolute atomic E-state index is 0.126. The molecule has 2 saturated heterocycles. The van der Waals surface area contributed by atoms with E-state index in [0.29, 0.717) is 29.4 Å². The molecular formula is C25H29ClN6O2. The van der Waals surface area contributed by atoms with Crippen LogP contribution in [-0.2, 0) is 6.54 Å². The van der Waals surface area contributed by atoms with Gasteiger partial charge in [0.2, 0.25) is 0 Å². The average Bonchev–Trinajstić information content (AvgIpc) is 3.37. The summed E-state index contributed by atoms with van der Waals surface area (Å²) in [5.74, 6) is -0.321. The molecule has 9 heteroatoms. The first kappa shape index (κ1) is 24.0. The summed E-state index contributed by atoms with van der Waals surface area (Å²) in [7, 11) is 0. The second-order valence-electron chi connectivity index (χ2n) is 8.99. The molecule has 0 bridgehead atoms. The lowest BCUT2D eigenvalue weighted by molar-refractivity contribution is 0.0814. The van der Waals surface area contributed by atoms with Gasteiger partial charge in [-0.15, -0.1) is 0 Å². The van der Waals surface area contributed by atoms with E-state index in [0.717, 1.165) is 50.1 Å². The number of carbonyl (C=O) groups excluding carboxylic acids is 2. The number of nitrogens with zero attached hydrogens (tertiary/aromatic N) is 5. The number of aromatic nitrogens is 1. The molecule has 3 heterocycles. The van der Waals surface area contributed by atoms with E-state index in [2.05, 4.69) is 22.1 Å². The predicted molar refractivity (Wildman–Crippen MR) is 131 cm³/mol. The Morgan fingerprint density at radius 3 is 2.68 bits per heavy atom. The number of pyridine rings is 1. The van der Waals surface area contributed by atoms with Gasteiger partial charge in [-0.25, -0.2) is 9.78 Å². The molecule has 2 aliphatic heterocycles. The van der Waals surface area contributed by atoms with E-state index in [1.54, 1.807) is 12.1 Å². The number of carbonyl (C=O) groups is 2. The van der Waals surface area contributed by atoms with Crippen LogP contribution in [0.1, 0.15) is 46.9 Å². The van der Waals surface area contributed by atoms with Gasteiger partial charge < -0.3 is 15.1 Å². The van der Waals surface area contributed by atoms with Gasteiger partial charge in [0, 0.05) is 67.8 Å². The second-order valence-corrected chi connectivity index (χ2v) is 9.42. The summed E-state index contributed by atoms with van der Waals surface area (Å²) < 4.78 is 0. The van der Waals surface area contributed by atoms with Crippen LogP contribution in [0.15, 0.2) is 30.5 Å². The molecule has 2 fully saturated rings. The summed E-state index contributed by atoms with van der Waals surface area (Å²) in [6, 6.07) is 8.92. The van der Waals surface area contributed by atoms with Gasteiger partial charge in [0.25, 0.3) is 5.91 Å². The lowest BCUT2D eigenvalue weighted by Gasteiger charge is -2.41. The van der Waals surface area contributed by atoms with Crippen LogP contribution in [0, 0.1) is 18.3 Å². The van der Waals surface area contributed by atoms with Gasteiger partial charge in [-0.05, 0) is 62.1 Å². The number of nitriles is 1. The topological polar surface area (TPSA) is 92.6 Å². The SMILES string of the molecule is Cc1c(CN2CCN(C(=O)N3CCCC3)[C@@H](C)C2)cc(Cl)cc1NC(=O)c1ccnc(C#N)c1. The summed E-state index contributed by atoms with van der Waals surface area (Å²) in [6.45, 7) is 8.72. The molecular weight excluding hydrogens is 452 g/mol. The normalized spacial score (nSPS) is 18.6. The summed E-state index contributed by atoms with van der Waals surface area (Å²) >= 11 is 6.40. The fraction of sp³-hybridized carbons (Fsp3) is 0.440. The maximum Gasteiger partial charge on any atom is 0.320 e. The number of piperazine rings is 1. The van der Waals surface area contributed by atoms with Crippen molar-refractivity contribution in [3.05, 3.63) is 57.9 Å². The highest BCUT2D eigenvalue weighted by atomic mass is 35.5. The summed E-state index contributed by atoms with van der Waals surface area (Å²) in [5.41, 5.74) is 3.16. The minimum Gasteiger partial charge on any atom is -0.325 e. The number of hydrogen-bond acceptors (Lipinski definition) is 5. The van der Waals surface area contributed by atoms with E-state index >= 15 is 0 Å². The van der Waals surface area contributed by atoms with Crippen LogP contribution in [-0.4, -0.2) is 70.4 Å². The van der Waals surface area contributed by atoms with Crippen molar-refractivity contribution >= 4 is 29.2 Å². The number of hydrogen-bond donors (Lipinski definition) is 1. The average molecular weight is 481 g/mol. The molecule has 8 nitrogen and oxygen atoms in total. The van der Waals surface area contributed by atoms with Crippen molar-refractivity contribution in [2.24, 2.45) is 0 Å². The van der Waals surface area contributed by atoms with E-state index in [1.807, 2.05) is 28.9 Å². The van der Waals surface area contributed by atoms with Crippen molar-refractivity contribution < 1.29 is 9.59 Å². The highest BCUT2D eigenvalue weighted by Gasteiger charge is 2.31. The Labute approximate surface area is 205 Å². The largest absolute Gasteiger partial charge is 0.325 e. The third-order valence-electron chi connectivity index (χ3n) is 6.59. The predicted octanol–water partition coefficient (Wildman–Crippen LogP) is 3.89. The minimum atomic E-state index is -0.321. The molecule has 178 valence electrons. The zero-order valence-electron chi connectivity index (χ0n) is 19.6. The number of amides is 3. The Kier molecular flexibility index (Phi) is 7.35. The third kappa shape index (κ3) is 5.32. The number of likely N-dealkylation sites (tertiary alicyclic amines) is 1. The molecule has 34 heavy (non-hydrogen) atoms. The molecule has 0 unspecified atom stereocenters. The van der Waals surface area contributed by atoms with Gasteiger partial charge in [-0.3, -0.25) is 9.69 Å². The molecule has 0 radical (unpaired) electrons. The maximum absolute atomic E-state index is 12.8. The second kappa shape index (κ2) is 10.4. The molecule has 0 aliphatic carbocycles. The molecule has 4 rings (SSSR count). The van der Waals surface area contributed by atoms with Gasteiger partial charge in [-0.1, -0.05) is 11.6 Å². The summed E-state index contributed by atoms with van der Waals surface area (Å²) in [4.78, 5) is 35.8. The zero-order valence-corrected chi connectivity index (χ0v) is 20.3. The first-order valence-electron chi connectivity index (χ1n) is 11.6. The standard InChI is InChI=1S/C25H29ClN6O2/c1-17-15-30(9-10-32(17)25(34)31-7-3-4-8-31)16-20-11-21(26)13-23(18(20)2)29-24(33)19-5-6-28-22(12-19)14-27/h5-6,11-13,17H,3-4,7-10,15-16H2,1-2H3,(H,29,33)/t17-/m0/s1. The van der Waals surface area contributed by atoms with Crippen LogP contribution in [0.2, 0.25) is 5.02 Å². The van der Waals surface area contributed by atoms with Gasteiger partial charge >= 0.3 is 6.03 Å². The maximum atomic E-state index is 12.8.